The zero-order chi connectivity index (χ0) is 23.8. The van der Waals surface area contributed by atoms with Gasteiger partial charge in [-0.25, -0.2) is 10.4 Å². The molecule has 0 radical (unpaired) electrons. The number of hydrogen-bond donors (Lipinski definition) is 2. The second kappa shape index (κ2) is 9.17. The number of carbonyl (C=O) groups excluding carboxylic acids is 2. The number of alkyl halides is 3. The van der Waals surface area contributed by atoms with Gasteiger partial charge in [0.25, 0.3) is 5.91 Å². The van der Waals surface area contributed by atoms with Gasteiger partial charge >= 0.3 is 6.18 Å². The number of nitrogens with one attached hydrogen (secondary N) is 2. The molecular weight excluding hydrogens is 459 g/mol. The van der Waals surface area contributed by atoms with Crippen LogP contribution in [0.15, 0.2) is 29.4 Å². The summed E-state index contributed by atoms with van der Waals surface area (Å²) in [7, 11) is 1.78. The number of anilines is 1. The standard InChI is InChI=1S/C22H23ClF3N5O2/c1-31(18-11-19(22(24,25)26)28-16-7-2-12(23)10-15(16)18)14-5-3-13(4-6-14)27-21(33)17-8-9-20(32)30-29-17/h2,7,10-11,13-14H,3-6,8-9H2,1H3,(H,27,33)(H,30,32)/t13-,14+. The maximum Gasteiger partial charge on any atom is 0.433 e. The molecule has 1 aromatic heterocycles. The summed E-state index contributed by atoms with van der Waals surface area (Å²) in [6.07, 6.45) is -1.30. The summed E-state index contributed by atoms with van der Waals surface area (Å²) in [5, 5.41) is 7.75. The topological polar surface area (TPSA) is 86.7 Å². The molecule has 11 heteroatoms. The van der Waals surface area contributed by atoms with E-state index < -0.39 is 11.9 Å². The van der Waals surface area contributed by atoms with Gasteiger partial charge in [-0.3, -0.25) is 9.59 Å². The molecule has 0 unspecified atom stereocenters. The van der Waals surface area contributed by atoms with Gasteiger partial charge in [0.15, 0.2) is 0 Å². The van der Waals surface area contributed by atoms with Crippen molar-refractivity contribution in [2.24, 2.45) is 5.10 Å². The molecule has 1 aromatic carbocycles. The average Bonchev–Trinajstić information content (AvgIpc) is 2.78. The zero-order valence-electron chi connectivity index (χ0n) is 17.9. The second-order valence-electron chi connectivity index (χ2n) is 8.37. The molecule has 1 aliphatic carbocycles. The lowest BCUT2D eigenvalue weighted by molar-refractivity contribution is -0.141. The van der Waals surface area contributed by atoms with Gasteiger partial charge in [-0.05, 0) is 49.9 Å². The SMILES string of the molecule is CN(c1cc(C(F)(F)F)nc2ccc(Cl)cc12)[C@H]1CC[C@@H](NC(=O)C2=NNC(=O)CC2)CC1. The number of aromatic nitrogens is 1. The highest BCUT2D eigenvalue weighted by molar-refractivity contribution is 6.39. The van der Waals surface area contributed by atoms with Gasteiger partial charge in [0.2, 0.25) is 5.91 Å². The molecule has 2 heterocycles. The van der Waals surface area contributed by atoms with Crippen LogP contribution in [-0.2, 0) is 15.8 Å². The van der Waals surface area contributed by atoms with Crippen LogP contribution in [-0.4, -0.2) is 41.6 Å². The van der Waals surface area contributed by atoms with Crippen molar-refractivity contribution in [3.63, 3.8) is 0 Å². The van der Waals surface area contributed by atoms with Gasteiger partial charge in [0.05, 0.1) is 5.52 Å². The van der Waals surface area contributed by atoms with E-state index in [9.17, 15) is 22.8 Å². The minimum Gasteiger partial charge on any atom is -0.371 e. The third-order valence-corrected chi connectivity index (χ3v) is 6.40. The number of nitrogens with zero attached hydrogens (tertiary/aromatic N) is 3. The lowest BCUT2D eigenvalue weighted by atomic mass is 9.89. The summed E-state index contributed by atoms with van der Waals surface area (Å²) < 4.78 is 40.3. The van der Waals surface area contributed by atoms with Crippen molar-refractivity contribution in [2.75, 3.05) is 11.9 Å². The summed E-state index contributed by atoms with van der Waals surface area (Å²) in [6.45, 7) is 0. The Labute approximate surface area is 193 Å². The van der Waals surface area contributed by atoms with Crippen molar-refractivity contribution in [1.82, 2.24) is 15.7 Å². The third kappa shape index (κ3) is 5.21. The predicted octanol–water partition coefficient (Wildman–Crippen LogP) is 4.04. The van der Waals surface area contributed by atoms with E-state index in [-0.39, 0.29) is 35.8 Å². The van der Waals surface area contributed by atoms with Crippen molar-refractivity contribution < 1.29 is 22.8 Å². The Morgan fingerprint density at radius 1 is 1.18 bits per heavy atom. The van der Waals surface area contributed by atoms with Crippen LogP contribution in [0, 0.1) is 0 Å². The van der Waals surface area contributed by atoms with E-state index in [2.05, 4.69) is 20.8 Å². The molecule has 176 valence electrons. The van der Waals surface area contributed by atoms with E-state index in [1.54, 1.807) is 13.1 Å². The molecular formula is C22H23ClF3N5O2. The van der Waals surface area contributed by atoms with E-state index in [0.717, 1.165) is 6.07 Å². The Morgan fingerprint density at radius 2 is 1.91 bits per heavy atom. The van der Waals surface area contributed by atoms with Crippen LogP contribution in [0.2, 0.25) is 5.02 Å². The third-order valence-electron chi connectivity index (χ3n) is 6.17. The molecule has 1 fully saturated rings. The highest BCUT2D eigenvalue weighted by Crippen LogP contribution is 2.37. The average molecular weight is 482 g/mol. The number of hydrogen-bond acceptors (Lipinski definition) is 5. The molecule has 0 atom stereocenters. The van der Waals surface area contributed by atoms with Crippen molar-refractivity contribution in [1.29, 1.82) is 0 Å². The van der Waals surface area contributed by atoms with E-state index >= 15 is 0 Å². The van der Waals surface area contributed by atoms with Crippen molar-refractivity contribution in [3.05, 3.63) is 35.0 Å². The fourth-order valence-electron chi connectivity index (χ4n) is 4.33. The summed E-state index contributed by atoms with van der Waals surface area (Å²) >= 11 is 6.11. The molecule has 4 rings (SSSR count). The highest BCUT2D eigenvalue weighted by atomic mass is 35.5. The van der Waals surface area contributed by atoms with Gasteiger partial charge in [0, 0.05) is 48.1 Å². The summed E-state index contributed by atoms with van der Waals surface area (Å²) in [5.74, 6) is -0.509. The van der Waals surface area contributed by atoms with Crippen LogP contribution >= 0.6 is 11.6 Å². The van der Waals surface area contributed by atoms with Crippen molar-refractivity contribution >= 4 is 45.7 Å². The van der Waals surface area contributed by atoms with Crippen LogP contribution in [0.25, 0.3) is 10.9 Å². The number of fused-ring (bicyclic) bond motifs is 1. The Morgan fingerprint density at radius 3 is 2.55 bits per heavy atom. The van der Waals surface area contributed by atoms with Crippen LogP contribution in [0.3, 0.4) is 0 Å². The van der Waals surface area contributed by atoms with E-state index in [1.807, 2.05) is 4.90 Å². The van der Waals surface area contributed by atoms with Gasteiger partial charge in [-0.2, -0.15) is 18.3 Å². The zero-order valence-corrected chi connectivity index (χ0v) is 18.6. The molecule has 2 amide bonds. The van der Waals surface area contributed by atoms with Crippen LogP contribution in [0.1, 0.15) is 44.2 Å². The fraction of sp³-hybridized carbons (Fsp3) is 0.455. The summed E-state index contributed by atoms with van der Waals surface area (Å²) in [6, 6.07) is 5.66. The molecule has 0 bridgehead atoms. The fourth-order valence-corrected chi connectivity index (χ4v) is 4.50. The lowest BCUT2D eigenvalue weighted by Gasteiger charge is -2.37. The maximum absolute atomic E-state index is 13.4. The van der Waals surface area contributed by atoms with Crippen molar-refractivity contribution in [3.8, 4) is 0 Å². The van der Waals surface area contributed by atoms with Crippen LogP contribution in [0.5, 0.6) is 0 Å². The molecule has 33 heavy (non-hydrogen) atoms. The molecule has 0 saturated heterocycles. The Kier molecular flexibility index (Phi) is 6.47. The first-order chi connectivity index (χ1) is 15.6. The van der Waals surface area contributed by atoms with Crippen molar-refractivity contribution in [2.45, 2.75) is 56.8 Å². The number of amides is 2. The maximum atomic E-state index is 13.4. The second-order valence-corrected chi connectivity index (χ2v) is 8.81. The number of rotatable bonds is 4. The summed E-state index contributed by atoms with van der Waals surface area (Å²) in [4.78, 5) is 29.2. The predicted molar refractivity (Wildman–Crippen MR) is 119 cm³/mol. The quantitative estimate of drug-likeness (QED) is 0.690. The highest BCUT2D eigenvalue weighted by Gasteiger charge is 2.35. The first-order valence-corrected chi connectivity index (χ1v) is 11.1. The number of hydrazone groups is 1. The Balaban J connectivity index is 1.47. The van der Waals surface area contributed by atoms with E-state index in [4.69, 9.17) is 11.6 Å². The van der Waals surface area contributed by atoms with E-state index in [0.29, 0.717) is 53.9 Å². The van der Waals surface area contributed by atoms with Crippen LogP contribution in [0.4, 0.5) is 18.9 Å². The monoisotopic (exact) mass is 481 g/mol. The molecule has 1 saturated carbocycles. The molecule has 2 aliphatic rings. The molecule has 7 nitrogen and oxygen atoms in total. The first-order valence-electron chi connectivity index (χ1n) is 10.7. The largest absolute Gasteiger partial charge is 0.433 e. The molecule has 2 aromatic rings. The number of benzene rings is 1. The first kappa shape index (κ1) is 23.3. The van der Waals surface area contributed by atoms with E-state index in [1.165, 1.54) is 12.1 Å². The Hall–Kier alpha value is -2.88. The van der Waals surface area contributed by atoms with Gasteiger partial charge < -0.3 is 10.2 Å². The lowest BCUT2D eigenvalue weighted by Crippen LogP contribution is -2.46. The number of halogens is 4. The van der Waals surface area contributed by atoms with Gasteiger partial charge in [-0.1, -0.05) is 11.6 Å². The number of pyridine rings is 1. The smallest absolute Gasteiger partial charge is 0.371 e. The number of carbonyl (C=O) groups is 2. The molecule has 1 aliphatic heterocycles. The minimum absolute atomic E-state index is 0.00451. The molecule has 0 spiro atoms. The summed E-state index contributed by atoms with van der Waals surface area (Å²) in [5.41, 5.74) is 2.33. The Bertz CT molecular complexity index is 1110. The normalized spacial score (nSPS) is 21.4. The molecule has 2 N–H and O–H groups in total. The van der Waals surface area contributed by atoms with Gasteiger partial charge in [0.1, 0.15) is 11.4 Å². The van der Waals surface area contributed by atoms with Gasteiger partial charge in [-0.15, -0.1) is 0 Å². The minimum atomic E-state index is -4.56. The van der Waals surface area contributed by atoms with Crippen LogP contribution < -0.4 is 15.6 Å².